The van der Waals surface area contributed by atoms with Gasteiger partial charge in [-0.05, 0) is 79.4 Å². The Morgan fingerprint density at radius 1 is 1.14 bits per heavy atom. The van der Waals surface area contributed by atoms with E-state index in [1.807, 2.05) is 6.08 Å². The molecule has 21 heavy (non-hydrogen) atoms. The maximum atomic E-state index is 12.9. The molecule has 2 fully saturated rings. The second kappa shape index (κ2) is 5.37. The van der Waals surface area contributed by atoms with Gasteiger partial charge in [0.2, 0.25) is 0 Å². The van der Waals surface area contributed by atoms with E-state index in [-0.39, 0.29) is 18.4 Å². The molecule has 4 aliphatic rings. The van der Waals surface area contributed by atoms with Gasteiger partial charge in [-0.1, -0.05) is 18.4 Å². The van der Waals surface area contributed by atoms with Gasteiger partial charge in [0.25, 0.3) is 0 Å². The predicted molar refractivity (Wildman–Crippen MR) is 81.6 cm³/mol. The van der Waals surface area contributed by atoms with Crippen molar-refractivity contribution in [2.75, 3.05) is 6.67 Å². The largest absolute Gasteiger partial charge is 0.295 e. The maximum Gasteiger partial charge on any atom is 0.156 e. The highest BCUT2D eigenvalue weighted by Gasteiger charge is 2.43. The minimum atomic E-state index is -0.293. The predicted octanol–water partition coefficient (Wildman–Crippen LogP) is 4.78. The van der Waals surface area contributed by atoms with Gasteiger partial charge in [0.1, 0.15) is 0 Å². The molecule has 0 amide bonds. The zero-order valence-electron chi connectivity index (χ0n) is 12.7. The van der Waals surface area contributed by atoms with Gasteiger partial charge in [0.05, 0.1) is 6.67 Å². The monoisotopic (exact) mass is 288 g/mol. The Morgan fingerprint density at radius 2 is 2.05 bits per heavy atom. The molecule has 0 spiro atoms. The Kier molecular flexibility index (Phi) is 3.51. The number of rotatable bonds is 2. The lowest BCUT2D eigenvalue weighted by molar-refractivity contribution is -0.115. The summed E-state index contributed by atoms with van der Waals surface area (Å²) in [7, 11) is 0. The third kappa shape index (κ3) is 2.22. The van der Waals surface area contributed by atoms with Crippen LogP contribution in [0.3, 0.4) is 0 Å². The van der Waals surface area contributed by atoms with Crippen LogP contribution in [0.25, 0.3) is 0 Å². The van der Waals surface area contributed by atoms with E-state index in [0.29, 0.717) is 12.8 Å². The van der Waals surface area contributed by atoms with Crippen LogP contribution in [-0.4, -0.2) is 12.5 Å². The number of fused-ring (bicyclic) bond motifs is 4. The van der Waals surface area contributed by atoms with E-state index >= 15 is 0 Å². The number of halogens is 1. The normalized spacial score (nSPS) is 38.7. The number of ketones is 1. The van der Waals surface area contributed by atoms with Crippen molar-refractivity contribution in [1.82, 2.24) is 0 Å². The third-order valence-electron chi connectivity index (χ3n) is 6.53. The van der Waals surface area contributed by atoms with Crippen molar-refractivity contribution in [3.63, 3.8) is 0 Å². The molecule has 0 aliphatic heterocycles. The zero-order valence-corrected chi connectivity index (χ0v) is 12.7. The fourth-order valence-electron chi connectivity index (χ4n) is 5.76. The molecule has 2 heteroatoms. The molecule has 0 radical (unpaired) electrons. The van der Waals surface area contributed by atoms with Crippen LogP contribution in [0.4, 0.5) is 4.39 Å². The van der Waals surface area contributed by atoms with Crippen molar-refractivity contribution < 1.29 is 9.18 Å². The molecule has 0 aromatic heterocycles. The molecule has 0 aromatic rings. The summed E-state index contributed by atoms with van der Waals surface area (Å²) in [6.07, 6.45) is 12.1. The summed E-state index contributed by atoms with van der Waals surface area (Å²) in [5, 5.41) is 0. The first-order chi connectivity index (χ1) is 10.3. The molecular formula is C19H25FO. The Balaban J connectivity index is 1.74. The zero-order chi connectivity index (χ0) is 14.4. The molecule has 4 aliphatic carbocycles. The van der Waals surface area contributed by atoms with Gasteiger partial charge in [-0.2, -0.15) is 0 Å². The number of allylic oxidation sites excluding steroid dienone is 4. The van der Waals surface area contributed by atoms with E-state index in [1.165, 1.54) is 49.7 Å². The second-order valence-electron chi connectivity index (χ2n) is 7.49. The van der Waals surface area contributed by atoms with Crippen molar-refractivity contribution >= 4 is 5.78 Å². The molecule has 0 heterocycles. The van der Waals surface area contributed by atoms with Gasteiger partial charge in [0, 0.05) is 6.42 Å². The number of hydrogen-bond donors (Lipinski definition) is 0. The summed E-state index contributed by atoms with van der Waals surface area (Å²) in [6.45, 7) is -0.293. The highest BCUT2D eigenvalue weighted by atomic mass is 19.1. The van der Waals surface area contributed by atoms with Crippen LogP contribution in [0.5, 0.6) is 0 Å². The minimum Gasteiger partial charge on any atom is -0.295 e. The maximum absolute atomic E-state index is 12.9. The van der Waals surface area contributed by atoms with E-state index < -0.39 is 0 Å². The highest BCUT2D eigenvalue weighted by molar-refractivity contribution is 5.93. The van der Waals surface area contributed by atoms with E-state index in [4.69, 9.17) is 0 Å². The van der Waals surface area contributed by atoms with Gasteiger partial charge in [-0.25, -0.2) is 0 Å². The fourth-order valence-corrected chi connectivity index (χ4v) is 5.76. The summed E-state index contributed by atoms with van der Waals surface area (Å²) >= 11 is 0. The van der Waals surface area contributed by atoms with Crippen molar-refractivity contribution in [2.24, 2.45) is 23.7 Å². The van der Waals surface area contributed by atoms with Gasteiger partial charge in [0.15, 0.2) is 5.78 Å². The summed E-state index contributed by atoms with van der Waals surface area (Å²) in [6, 6.07) is 0. The first kappa shape index (κ1) is 13.7. The average Bonchev–Trinajstić information content (AvgIpc) is 2.95. The minimum absolute atomic E-state index is 0.179. The van der Waals surface area contributed by atoms with Gasteiger partial charge in [-0.15, -0.1) is 0 Å². The number of alkyl halides is 1. The molecule has 0 N–H and O–H groups in total. The standard InChI is InChI=1S/C19H25FO/c20-9-8-14-11-15(21)10-13-5-6-17-16-3-1-2-12(16)4-7-18(17)19(13)14/h10,12,14,16-17H,1-9,11H2. The number of hydrogen-bond acceptors (Lipinski definition) is 1. The first-order valence-electron chi connectivity index (χ1n) is 8.80. The van der Waals surface area contributed by atoms with Crippen LogP contribution in [-0.2, 0) is 4.79 Å². The summed E-state index contributed by atoms with van der Waals surface area (Å²) in [5.74, 6) is 3.01. The van der Waals surface area contributed by atoms with Crippen molar-refractivity contribution in [1.29, 1.82) is 0 Å². The lowest BCUT2D eigenvalue weighted by Crippen LogP contribution is -2.33. The van der Waals surface area contributed by atoms with Crippen molar-refractivity contribution in [2.45, 2.75) is 57.8 Å². The fraction of sp³-hybridized carbons (Fsp3) is 0.737. The molecule has 114 valence electrons. The SMILES string of the molecule is O=C1C=C2CCC3C(=C2C(CCF)C1)CCC1CCCC13. The number of carbonyl (C=O) groups excluding carboxylic acids is 1. The van der Waals surface area contributed by atoms with Gasteiger partial charge in [-0.3, -0.25) is 9.18 Å². The van der Waals surface area contributed by atoms with E-state index in [2.05, 4.69) is 0 Å². The van der Waals surface area contributed by atoms with E-state index in [9.17, 15) is 9.18 Å². The van der Waals surface area contributed by atoms with Crippen LogP contribution >= 0.6 is 0 Å². The smallest absolute Gasteiger partial charge is 0.156 e. The van der Waals surface area contributed by atoms with Crippen molar-refractivity contribution in [3.05, 3.63) is 22.8 Å². The topological polar surface area (TPSA) is 17.1 Å². The quantitative estimate of drug-likeness (QED) is 0.714. The molecule has 0 aromatic carbocycles. The third-order valence-corrected chi connectivity index (χ3v) is 6.53. The number of carbonyl (C=O) groups is 1. The lowest BCUT2D eigenvalue weighted by atomic mass is 9.61. The molecule has 4 atom stereocenters. The van der Waals surface area contributed by atoms with E-state index in [0.717, 1.165) is 24.2 Å². The first-order valence-corrected chi connectivity index (χ1v) is 8.80. The highest BCUT2D eigenvalue weighted by Crippen LogP contribution is 2.55. The van der Waals surface area contributed by atoms with Crippen LogP contribution in [0.2, 0.25) is 0 Å². The lowest BCUT2D eigenvalue weighted by Gasteiger charge is -2.43. The Bertz CT molecular complexity index is 516. The van der Waals surface area contributed by atoms with Crippen LogP contribution in [0, 0.1) is 23.7 Å². The Labute approximate surface area is 126 Å². The summed E-state index contributed by atoms with van der Waals surface area (Å²) in [4.78, 5) is 11.9. The van der Waals surface area contributed by atoms with Gasteiger partial charge >= 0.3 is 0 Å². The summed E-state index contributed by atoms with van der Waals surface area (Å²) < 4.78 is 12.9. The second-order valence-corrected chi connectivity index (χ2v) is 7.49. The molecule has 2 saturated carbocycles. The van der Waals surface area contributed by atoms with Crippen LogP contribution < -0.4 is 0 Å². The van der Waals surface area contributed by atoms with Gasteiger partial charge < -0.3 is 0 Å². The molecule has 1 nitrogen and oxygen atoms in total. The van der Waals surface area contributed by atoms with Crippen molar-refractivity contribution in [3.8, 4) is 0 Å². The van der Waals surface area contributed by atoms with Crippen LogP contribution in [0.15, 0.2) is 22.8 Å². The molecule has 0 bridgehead atoms. The molecule has 0 saturated heterocycles. The Morgan fingerprint density at radius 3 is 2.90 bits per heavy atom. The Hall–Kier alpha value is -0.920. The van der Waals surface area contributed by atoms with E-state index in [1.54, 1.807) is 5.57 Å². The molecular weight excluding hydrogens is 263 g/mol. The molecule has 4 unspecified atom stereocenters. The van der Waals surface area contributed by atoms with Crippen LogP contribution in [0.1, 0.15) is 57.8 Å². The molecule has 4 rings (SSSR count). The average molecular weight is 288 g/mol. The summed E-state index contributed by atoms with van der Waals surface area (Å²) in [5.41, 5.74) is 4.35.